The number of quaternary nitrogens is 3. The third-order valence-electron chi connectivity index (χ3n) is 0. The van der Waals surface area contributed by atoms with Crippen molar-refractivity contribution in [3.05, 3.63) is 10.1 Å². The van der Waals surface area contributed by atoms with Gasteiger partial charge in [-0.25, -0.2) is 0 Å². The summed E-state index contributed by atoms with van der Waals surface area (Å²) in [4.78, 5) is 8.36. The van der Waals surface area contributed by atoms with E-state index in [-0.39, 0.29) is 30.9 Å². The maximum absolute atomic E-state index is 8.52. The zero-order chi connectivity index (χ0) is 8.08. The molecule has 0 atom stereocenters. The zero-order valence-corrected chi connectivity index (χ0v) is 8.70. The molecule has 13 N–H and O–H groups in total. The highest BCUT2D eigenvalue weighted by atomic mass is 35.5. The van der Waals surface area contributed by atoms with E-state index in [1.807, 2.05) is 0 Å². The molecule has 0 heterocycles. The summed E-state index contributed by atoms with van der Waals surface area (Å²) >= 11 is 0. The lowest BCUT2D eigenvalue weighted by atomic mass is 13.1. The molecule has 0 radical (unpaired) electrons. The van der Waals surface area contributed by atoms with Crippen LogP contribution < -0.4 is 30.9 Å². The predicted octanol–water partition coefficient (Wildman–Crippen LogP) is -3.55. The molecule has 0 aliphatic carbocycles. The molecule has 0 aromatic carbocycles. The maximum Gasteiger partial charge on any atom is 0.291 e. The molecule has 0 spiro atoms. The highest BCUT2D eigenvalue weighted by molar-refractivity contribution is 7.79. The van der Waals surface area contributed by atoms with E-state index in [1.54, 1.807) is 0 Å². The number of halogens is 1. The second-order valence-electron chi connectivity index (χ2n) is 0.646. The van der Waals surface area contributed by atoms with Crippen LogP contribution in [0.15, 0.2) is 0 Å². The third-order valence-corrected chi connectivity index (χ3v) is 0. The first kappa shape index (κ1) is 39.7. The first-order valence-electron chi connectivity index (χ1n) is 1.23. The van der Waals surface area contributed by atoms with E-state index in [0.717, 1.165) is 0 Å². The lowest BCUT2D eigenvalue weighted by Gasteiger charge is -2.06. The smallest absolute Gasteiger partial charge is 0.291 e. The van der Waals surface area contributed by atoms with Crippen LogP contribution in [0.1, 0.15) is 0 Å². The Balaban J connectivity index is -0.0000000146. The number of nitrogens with zero attached hydrogens (tertiary/aromatic N) is 1. The lowest BCUT2D eigenvalue weighted by Crippen LogP contribution is -3.00. The normalized spacial score (nSPS) is 6.31. The van der Waals surface area contributed by atoms with Gasteiger partial charge in [-0.1, -0.05) is 0 Å². The first-order chi connectivity index (χ1) is 3.73. The summed E-state index contributed by atoms with van der Waals surface area (Å²) < 4.78 is 34.1. The highest BCUT2D eigenvalue weighted by Crippen LogP contribution is 1.57. The van der Waals surface area contributed by atoms with Gasteiger partial charge in [0.25, 0.3) is 5.09 Å². The Morgan fingerprint density at radius 1 is 1.08 bits per heavy atom. The van der Waals surface area contributed by atoms with Crippen LogP contribution in [0, 0.1) is 10.1 Å². The van der Waals surface area contributed by atoms with Gasteiger partial charge in [-0.15, -0.1) is 10.1 Å². The molecule has 11 nitrogen and oxygen atoms in total. The summed E-state index contributed by atoms with van der Waals surface area (Å²) in [5.41, 5.74) is 0. The van der Waals surface area contributed by atoms with Gasteiger partial charge in [0.15, 0.2) is 0 Å². The van der Waals surface area contributed by atoms with E-state index in [9.17, 15) is 0 Å². The Morgan fingerprint density at radius 3 is 1.08 bits per heavy atom. The van der Waals surface area contributed by atoms with Crippen LogP contribution in [-0.4, -0.2) is 27.8 Å². The van der Waals surface area contributed by atoms with Crippen LogP contribution >= 0.6 is 0 Å². The zero-order valence-electron chi connectivity index (χ0n) is 7.13. The molecule has 88 valence electrons. The Bertz CT molecular complexity index is 163. The SMILES string of the molecule is O=S(=O)([O-])[O-].O=[N+]([O-])O.[Cl-].[NH4+].[NH4+].[NH4+]. The fraction of sp³-hybridized carbons (Fsp3) is 0. The standard InChI is InChI=1S/ClH.HNO3.3H3N.H2O4S/c;2-1(3)4;;;;1-5(2,3)4/h1H;(H,2,3,4);3*1H3;(H2,1,2,3,4). The molecule has 0 bridgehead atoms. The quantitative estimate of drug-likeness (QED) is 0.145. The van der Waals surface area contributed by atoms with Crippen molar-refractivity contribution in [2.45, 2.75) is 0 Å². The molecule has 0 fully saturated rings. The predicted molar refractivity (Wildman–Crippen MR) is 37.2 cm³/mol. The van der Waals surface area contributed by atoms with Gasteiger partial charge in [0.1, 0.15) is 0 Å². The van der Waals surface area contributed by atoms with E-state index < -0.39 is 15.5 Å². The molecule has 0 amide bonds. The summed E-state index contributed by atoms with van der Waals surface area (Å²) in [7, 11) is -5.17. The molecule has 0 unspecified atom stereocenters. The minimum Gasteiger partial charge on any atom is -1.00 e. The number of hydrogen-bond donors (Lipinski definition) is 4. The van der Waals surface area contributed by atoms with Gasteiger partial charge in [-0.05, 0) is 0 Å². The molecular weight excluding hydrogens is 236 g/mol. The van der Waals surface area contributed by atoms with Crippen LogP contribution in [0.25, 0.3) is 0 Å². The molecule has 0 aliphatic rings. The topological polar surface area (TPSA) is 253 Å². The highest BCUT2D eigenvalue weighted by Gasteiger charge is 1.65. The van der Waals surface area contributed by atoms with Crippen molar-refractivity contribution < 1.29 is 40.2 Å². The Hall–Kier alpha value is -0.760. The molecule has 0 aromatic rings. The van der Waals surface area contributed by atoms with Crippen molar-refractivity contribution in [1.29, 1.82) is 0 Å². The van der Waals surface area contributed by atoms with Crippen molar-refractivity contribution in [3.63, 3.8) is 0 Å². The summed E-state index contributed by atoms with van der Waals surface area (Å²) in [6, 6.07) is 0. The van der Waals surface area contributed by atoms with Gasteiger partial charge in [-0.2, -0.15) is 0 Å². The molecule has 0 saturated heterocycles. The van der Waals surface area contributed by atoms with Crippen LogP contribution in [0.2, 0.25) is 0 Å². The van der Waals surface area contributed by atoms with Crippen LogP contribution in [-0.2, 0) is 10.4 Å². The van der Waals surface area contributed by atoms with Gasteiger partial charge in [0.2, 0.25) is 0 Å². The van der Waals surface area contributed by atoms with Crippen molar-refractivity contribution in [2.24, 2.45) is 0 Å². The largest absolute Gasteiger partial charge is 1.00 e. The summed E-state index contributed by atoms with van der Waals surface area (Å²) in [5, 5.41) is 13.6. The second kappa shape index (κ2) is 17.4. The van der Waals surface area contributed by atoms with E-state index in [1.165, 1.54) is 0 Å². The van der Waals surface area contributed by atoms with Crippen LogP contribution in [0.3, 0.4) is 0 Å². The summed E-state index contributed by atoms with van der Waals surface area (Å²) in [6.45, 7) is 0. The van der Waals surface area contributed by atoms with E-state index in [0.29, 0.717) is 0 Å². The van der Waals surface area contributed by atoms with E-state index >= 15 is 0 Å². The van der Waals surface area contributed by atoms with Gasteiger partial charge in [0, 0.05) is 10.4 Å². The fourth-order valence-corrected chi connectivity index (χ4v) is 0. The number of hydrogen-bond acceptors (Lipinski definition) is 6. The van der Waals surface area contributed by atoms with Crippen LogP contribution in [0.5, 0.6) is 0 Å². The minimum atomic E-state index is -5.17. The monoisotopic (exact) mass is 248 g/mol. The Morgan fingerprint density at radius 2 is 1.08 bits per heavy atom. The maximum atomic E-state index is 8.52. The van der Waals surface area contributed by atoms with Crippen LogP contribution in [0.4, 0.5) is 0 Å². The minimum absolute atomic E-state index is 0. The van der Waals surface area contributed by atoms with Gasteiger partial charge in [-0.3, -0.25) is 8.42 Å². The van der Waals surface area contributed by atoms with Crippen molar-refractivity contribution in [3.8, 4) is 0 Å². The lowest BCUT2D eigenvalue weighted by molar-refractivity contribution is -0.742. The van der Waals surface area contributed by atoms with Gasteiger partial charge < -0.3 is 45.2 Å². The van der Waals surface area contributed by atoms with Gasteiger partial charge in [0.05, 0.1) is 0 Å². The molecular formula is H13ClN4O7S. The number of rotatable bonds is 0. The molecule has 0 saturated carbocycles. The summed E-state index contributed by atoms with van der Waals surface area (Å²) in [6.07, 6.45) is 0. The Kier molecular flexibility index (Phi) is 53.0. The van der Waals surface area contributed by atoms with Crippen molar-refractivity contribution >= 4 is 10.4 Å². The van der Waals surface area contributed by atoms with E-state index in [2.05, 4.69) is 0 Å². The first-order valence-corrected chi connectivity index (χ1v) is 2.57. The van der Waals surface area contributed by atoms with E-state index in [4.69, 9.17) is 32.8 Å². The molecule has 13 heavy (non-hydrogen) atoms. The van der Waals surface area contributed by atoms with Crippen molar-refractivity contribution in [2.75, 3.05) is 0 Å². The third kappa shape index (κ3) is 1660. The average molecular weight is 249 g/mol. The second-order valence-corrected chi connectivity index (χ2v) is 1.46. The van der Waals surface area contributed by atoms with Gasteiger partial charge >= 0.3 is 0 Å². The molecule has 0 aromatic heterocycles. The average Bonchev–Trinajstić information content (AvgIpc) is 1.19. The van der Waals surface area contributed by atoms with Crippen molar-refractivity contribution in [1.82, 2.24) is 18.5 Å². The molecule has 0 rings (SSSR count). The Labute approximate surface area is 80.0 Å². The molecule has 13 heteroatoms. The summed E-state index contributed by atoms with van der Waals surface area (Å²) in [5.74, 6) is 0. The fourth-order valence-electron chi connectivity index (χ4n) is 0. The molecule has 0 aliphatic heterocycles.